The van der Waals surface area contributed by atoms with E-state index in [1.54, 1.807) is 6.07 Å². The molecule has 3 heterocycles. The van der Waals surface area contributed by atoms with Gasteiger partial charge in [-0.25, -0.2) is 9.97 Å². The fourth-order valence-corrected chi connectivity index (χ4v) is 5.33. The molecule has 0 N–H and O–H groups in total. The topological polar surface area (TPSA) is 72.9 Å². The Bertz CT molecular complexity index is 805. The highest BCUT2D eigenvalue weighted by Crippen LogP contribution is 2.25. The Morgan fingerprint density at radius 3 is 2.48 bits per heavy atom. The molecule has 184 valence electrons. The summed E-state index contributed by atoms with van der Waals surface area (Å²) in [4.78, 5) is 42.6. The number of carbonyl (C=O) groups is 2. The van der Waals surface area contributed by atoms with Crippen LogP contribution >= 0.6 is 23.4 Å². The van der Waals surface area contributed by atoms with Gasteiger partial charge in [-0.2, -0.15) is 0 Å². The summed E-state index contributed by atoms with van der Waals surface area (Å²) in [5.41, 5.74) is 0. The Kier molecular flexibility index (Phi) is 10.1. The van der Waals surface area contributed by atoms with Crippen LogP contribution in [0.1, 0.15) is 46.5 Å². The van der Waals surface area contributed by atoms with Crippen LogP contribution in [0, 0.1) is 0 Å². The van der Waals surface area contributed by atoms with Crippen LogP contribution in [-0.4, -0.2) is 101 Å². The lowest BCUT2D eigenvalue weighted by molar-refractivity contribution is -0.133. The van der Waals surface area contributed by atoms with Crippen LogP contribution in [-0.2, 0) is 9.59 Å². The van der Waals surface area contributed by atoms with Gasteiger partial charge in [-0.3, -0.25) is 9.59 Å². The van der Waals surface area contributed by atoms with E-state index in [4.69, 9.17) is 11.6 Å². The summed E-state index contributed by atoms with van der Waals surface area (Å²) in [5.74, 6) is 1.42. The summed E-state index contributed by atoms with van der Waals surface area (Å²) in [5, 5.41) is 0.890. The molecule has 1 aromatic heterocycles. The summed E-state index contributed by atoms with van der Waals surface area (Å²) in [7, 11) is 0. The summed E-state index contributed by atoms with van der Waals surface area (Å²) < 4.78 is 0. The largest absolute Gasteiger partial charge is 0.353 e. The van der Waals surface area contributed by atoms with Crippen LogP contribution < -0.4 is 4.90 Å². The summed E-state index contributed by atoms with van der Waals surface area (Å²) in [6.07, 6.45) is 3.79. The molecule has 2 fully saturated rings. The molecule has 33 heavy (non-hydrogen) atoms. The van der Waals surface area contributed by atoms with E-state index >= 15 is 0 Å². The van der Waals surface area contributed by atoms with E-state index in [1.807, 2.05) is 9.80 Å². The number of amides is 2. The Hall–Kier alpha value is -1.58. The molecule has 0 bridgehead atoms. The zero-order chi connectivity index (χ0) is 23.8. The number of carbonyl (C=O) groups excluding carboxylic acids is 2. The predicted octanol–water partition coefficient (Wildman–Crippen LogP) is 3.00. The van der Waals surface area contributed by atoms with E-state index in [-0.39, 0.29) is 17.9 Å². The van der Waals surface area contributed by atoms with E-state index < -0.39 is 0 Å². The van der Waals surface area contributed by atoms with Crippen molar-refractivity contribution in [1.29, 1.82) is 0 Å². The maximum atomic E-state index is 12.6. The first-order valence-electron chi connectivity index (χ1n) is 12.1. The van der Waals surface area contributed by atoms with Gasteiger partial charge in [-0.05, 0) is 19.9 Å². The highest BCUT2D eigenvalue weighted by molar-refractivity contribution is 7.99. The first-order chi connectivity index (χ1) is 15.9. The highest BCUT2D eigenvalue weighted by atomic mass is 35.5. The van der Waals surface area contributed by atoms with Gasteiger partial charge in [0.15, 0.2) is 5.16 Å². The molecule has 0 spiro atoms. The predicted molar refractivity (Wildman–Crippen MR) is 134 cm³/mol. The van der Waals surface area contributed by atoms with Gasteiger partial charge < -0.3 is 19.6 Å². The van der Waals surface area contributed by atoms with E-state index in [9.17, 15) is 9.59 Å². The Morgan fingerprint density at radius 1 is 1.06 bits per heavy atom. The number of nitrogens with zero attached hydrogens (tertiary/aromatic N) is 6. The molecule has 10 heteroatoms. The zero-order valence-electron chi connectivity index (χ0n) is 20.1. The second kappa shape index (κ2) is 12.8. The monoisotopic (exact) mass is 496 g/mol. The second-order valence-corrected chi connectivity index (χ2v) is 10.1. The number of piperazine rings is 2. The maximum absolute atomic E-state index is 12.6. The van der Waals surface area contributed by atoms with Crippen molar-refractivity contribution in [1.82, 2.24) is 24.7 Å². The van der Waals surface area contributed by atoms with Crippen LogP contribution in [0.4, 0.5) is 5.82 Å². The lowest BCUT2D eigenvalue weighted by atomic mass is 10.1. The van der Waals surface area contributed by atoms with Crippen LogP contribution in [0.25, 0.3) is 0 Å². The lowest BCUT2D eigenvalue weighted by Gasteiger charge is -2.40. The molecule has 1 atom stereocenters. The Labute approximate surface area is 207 Å². The fraction of sp³-hybridized carbons (Fsp3) is 0.739. The average molecular weight is 497 g/mol. The maximum Gasteiger partial charge on any atom is 0.233 e. The van der Waals surface area contributed by atoms with Crippen molar-refractivity contribution in [2.24, 2.45) is 0 Å². The number of thioether (sulfide) groups is 1. The average Bonchev–Trinajstić information content (AvgIpc) is 2.82. The van der Waals surface area contributed by atoms with E-state index in [0.717, 1.165) is 57.8 Å². The van der Waals surface area contributed by atoms with Gasteiger partial charge in [0, 0.05) is 64.3 Å². The number of hydrogen-bond acceptors (Lipinski definition) is 7. The third-order valence-corrected chi connectivity index (χ3v) is 7.45. The minimum atomic E-state index is 0.112. The molecule has 2 aliphatic rings. The first-order valence-corrected chi connectivity index (χ1v) is 13.5. The number of rotatable bonds is 9. The number of unbranched alkanes of at least 4 members (excludes halogenated alkanes) is 2. The van der Waals surface area contributed by atoms with E-state index in [0.29, 0.717) is 42.1 Å². The molecular weight excluding hydrogens is 460 g/mol. The molecule has 0 radical (unpaired) electrons. The van der Waals surface area contributed by atoms with Crippen molar-refractivity contribution in [3.05, 3.63) is 11.2 Å². The quantitative estimate of drug-likeness (QED) is 0.225. The Morgan fingerprint density at radius 2 is 1.82 bits per heavy atom. The SMILES string of the molecule is CCCCCC(=O)N1CCN(c2cc(Cl)nc(SCC(=O)N3CCN(CC)CC3)n2)CC1C. The molecular formula is C23H37ClN6O2S. The van der Waals surface area contributed by atoms with Crippen molar-refractivity contribution < 1.29 is 9.59 Å². The zero-order valence-corrected chi connectivity index (χ0v) is 21.7. The molecule has 0 saturated carbocycles. The molecule has 0 aliphatic carbocycles. The molecule has 2 aliphatic heterocycles. The standard InChI is InChI=1S/C23H37ClN6O2S/c1-4-6-7-8-21(31)30-14-13-29(16-18(30)3)20-15-19(24)25-23(26-20)33-17-22(32)28-11-9-27(5-2)10-12-28/h15,18H,4-14,16-17H2,1-3H3. The van der Waals surface area contributed by atoms with Gasteiger partial charge in [-0.15, -0.1) is 0 Å². The van der Waals surface area contributed by atoms with E-state index in [2.05, 4.69) is 40.5 Å². The van der Waals surface area contributed by atoms with Crippen LogP contribution in [0.3, 0.4) is 0 Å². The number of hydrogen-bond donors (Lipinski definition) is 0. The highest BCUT2D eigenvalue weighted by Gasteiger charge is 2.28. The minimum Gasteiger partial charge on any atom is -0.353 e. The molecule has 1 aromatic rings. The smallest absolute Gasteiger partial charge is 0.233 e. The molecule has 2 amide bonds. The number of halogens is 1. The number of aromatic nitrogens is 2. The van der Waals surface area contributed by atoms with Gasteiger partial charge >= 0.3 is 0 Å². The summed E-state index contributed by atoms with van der Waals surface area (Å²) in [6.45, 7) is 12.9. The van der Waals surface area contributed by atoms with Gasteiger partial charge in [0.2, 0.25) is 11.8 Å². The number of anilines is 1. The van der Waals surface area contributed by atoms with Crippen LogP contribution in [0.5, 0.6) is 0 Å². The molecule has 8 nitrogen and oxygen atoms in total. The van der Waals surface area contributed by atoms with Gasteiger partial charge in [-0.1, -0.05) is 50.1 Å². The number of likely N-dealkylation sites (N-methyl/N-ethyl adjacent to an activating group) is 1. The fourth-order valence-electron chi connectivity index (χ4n) is 4.35. The summed E-state index contributed by atoms with van der Waals surface area (Å²) in [6, 6.07) is 1.88. The van der Waals surface area contributed by atoms with Crippen LogP contribution in [0.15, 0.2) is 11.2 Å². The third-order valence-electron chi connectivity index (χ3n) is 6.42. The van der Waals surface area contributed by atoms with Crippen LogP contribution in [0.2, 0.25) is 5.15 Å². The minimum absolute atomic E-state index is 0.112. The van der Waals surface area contributed by atoms with Gasteiger partial charge in [0.05, 0.1) is 5.75 Å². The van der Waals surface area contributed by atoms with Crippen molar-refractivity contribution >= 4 is 41.0 Å². The van der Waals surface area contributed by atoms with Crippen molar-refractivity contribution in [2.45, 2.75) is 57.7 Å². The van der Waals surface area contributed by atoms with Crippen molar-refractivity contribution in [2.75, 3.05) is 63.0 Å². The molecule has 2 saturated heterocycles. The third kappa shape index (κ3) is 7.45. The van der Waals surface area contributed by atoms with Crippen molar-refractivity contribution in [3.63, 3.8) is 0 Å². The lowest BCUT2D eigenvalue weighted by Crippen LogP contribution is -2.54. The second-order valence-electron chi connectivity index (χ2n) is 8.77. The van der Waals surface area contributed by atoms with Crippen molar-refractivity contribution in [3.8, 4) is 0 Å². The van der Waals surface area contributed by atoms with Gasteiger partial charge in [0.25, 0.3) is 0 Å². The van der Waals surface area contributed by atoms with E-state index in [1.165, 1.54) is 11.8 Å². The first kappa shape index (κ1) is 26.0. The molecule has 1 unspecified atom stereocenters. The molecule has 0 aromatic carbocycles. The molecule has 3 rings (SSSR count). The normalized spacial score (nSPS) is 19.8. The Balaban J connectivity index is 1.54. The summed E-state index contributed by atoms with van der Waals surface area (Å²) >= 11 is 7.63. The van der Waals surface area contributed by atoms with Gasteiger partial charge in [0.1, 0.15) is 11.0 Å².